The van der Waals surface area contributed by atoms with Gasteiger partial charge in [-0.2, -0.15) is 0 Å². The van der Waals surface area contributed by atoms with Crippen molar-refractivity contribution in [1.29, 1.82) is 0 Å². The summed E-state index contributed by atoms with van der Waals surface area (Å²) in [6, 6.07) is 14.2. The number of aryl methyl sites for hydroxylation is 2. The number of nitrogens with one attached hydrogen (secondary N) is 1. The van der Waals surface area contributed by atoms with Crippen molar-refractivity contribution < 1.29 is 14.3 Å². The molecule has 182 valence electrons. The Morgan fingerprint density at radius 2 is 1.62 bits per heavy atom. The van der Waals surface area contributed by atoms with E-state index in [-0.39, 0.29) is 17.7 Å². The molecule has 2 aliphatic rings. The summed E-state index contributed by atoms with van der Waals surface area (Å²) in [5.41, 5.74) is 4.26. The van der Waals surface area contributed by atoms with E-state index in [1.54, 1.807) is 7.11 Å². The van der Waals surface area contributed by atoms with E-state index in [0.29, 0.717) is 6.54 Å². The molecule has 34 heavy (non-hydrogen) atoms. The second kappa shape index (κ2) is 10.9. The SMILES string of the molecule is COc1cccc(N2CCN(C(=O)C3CCN(CC(=O)Nc4cc(C)cc(C)c4)CC3)CC2)c1. The molecule has 7 heteroatoms. The molecular formula is C27H36N4O3. The van der Waals surface area contributed by atoms with Crippen molar-refractivity contribution in [3.63, 3.8) is 0 Å². The molecule has 2 heterocycles. The Kier molecular flexibility index (Phi) is 7.73. The standard InChI is InChI=1S/C27H36N4O3/c1-20-15-21(2)17-23(16-20)28-26(32)19-29-9-7-22(8-10-29)27(33)31-13-11-30(12-14-31)24-5-4-6-25(18-24)34-3/h4-6,15-18,22H,7-14,19H2,1-3H3,(H,28,32). The Bertz CT molecular complexity index is 988. The molecule has 2 aromatic rings. The van der Waals surface area contributed by atoms with Gasteiger partial charge < -0.3 is 19.9 Å². The van der Waals surface area contributed by atoms with Crippen LogP contribution < -0.4 is 15.0 Å². The van der Waals surface area contributed by atoms with Gasteiger partial charge in [0.15, 0.2) is 0 Å². The third-order valence-corrected chi connectivity index (χ3v) is 6.82. The first kappa shape index (κ1) is 24.1. The number of benzene rings is 2. The maximum atomic E-state index is 13.1. The minimum absolute atomic E-state index is 0.00319. The molecule has 2 amide bonds. The average Bonchev–Trinajstić information content (AvgIpc) is 2.83. The van der Waals surface area contributed by atoms with Gasteiger partial charge in [0.1, 0.15) is 5.75 Å². The van der Waals surface area contributed by atoms with Gasteiger partial charge >= 0.3 is 0 Å². The van der Waals surface area contributed by atoms with Gasteiger partial charge in [0.05, 0.1) is 13.7 Å². The topological polar surface area (TPSA) is 65.1 Å². The monoisotopic (exact) mass is 464 g/mol. The fraction of sp³-hybridized carbons (Fsp3) is 0.481. The molecule has 2 aromatic carbocycles. The number of piperidine rings is 1. The third-order valence-electron chi connectivity index (χ3n) is 6.82. The van der Waals surface area contributed by atoms with Gasteiger partial charge in [-0.3, -0.25) is 14.5 Å². The molecule has 0 saturated carbocycles. The van der Waals surface area contributed by atoms with Crippen LogP contribution in [0.2, 0.25) is 0 Å². The third kappa shape index (κ3) is 6.08. The van der Waals surface area contributed by atoms with Gasteiger partial charge in [-0.05, 0) is 75.2 Å². The molecule has 4 rings (SSSR count). The van der Waals surface area contributed by atoms with Crippen LogP contribution in [0, 0.1) is 19.8 Å². The lowest BCUT2D eigenvalue weighted by Crippen LogP contribution is -2.52. The number of rotatable bonds is 6. The van der Waals surface area contributed by atoms with Crippen molar-refractivity contribution in [2.75, 3.05) is 63.1 Å². The fourth-order valence-electron chi connectivity index (χ4n) is 5.04. The molecule has 0 bridgehead atoms. The summed E-state index contributed by atoms with van der Waals surface area (Å²) in [6.45, 7) is 9.14. The lowest BCUT2D eigenvalue weighted by atomic mass is 9.95. The first-order valence-corrected chi connectivity index (χ1v) is 12.2. The highest BCUT2D eigenvalue weighted by molar-refractivity contribution is 5.92. The Hall–Kier alpha value is -3.06. The predicted molar refractivity (Wildman–Crippen MR) is 135 cm³/mol. The Morgan fingerprint density at radius 3 is 2.26 bits per heavy atom. The van der Waals surface area contributed by atoms with E-state index in [1.165, 1.54) is 0 Å². The quantitative estimate of drug-likeness (QED) is 0.711. The van der Waals surface area contributed by atoms with Crippen molar-refractivity contribution in [2.24, 2.45) is 5.92 Å². The highest BCUT2D eigenvalue weighted by atomic mass is 16.5. The zero-order valence-electron chi connectivity index (χ0n) is 20.5. The number of piperazine rings is 1. The van der Waals surface area contributed by atoms with E-state index in [2.05, 4.69) is 27.2 Å². The number of methoxy groups -OCH3 is 1. The van der Waals surface area contributed by atoms with Crippen LogP contribution in [-0.2, 0) is 9.59 Å². The molecule has 7 nitrogen and oxygen atoms in total. The van der Waals surface area contributed by atoms with E-state index >= 15 is 0 Å². The van der Waals surface area contributed by atoms with Crippen LogP contribution in [0.5, 0.6) is 5.75 Å². The maximum absolute atomic E-state index is 13.1. The summed E-state index contributed by atoms with van der Waals surface area (Å²) in [4.78, 5) is 32.1. The minimum atomic E-state index is 0.00319. The van der Waals surface area contributed by atoms with Gasteiger partial charge in [-0.1, -0.05) is 12.1 Å². The zero-order valence-corrected chi connectivity index (χ0v) is 20.5. The van der Waals surface area contributed by atoms with E-state index in [4.69, 9.17) is 4.74 Å². The predicted octanol–water partition coefficient (Wildman–Crippen LogP) is 3.31. The number of nitrogens with zero attached hydrogens (tertiary/aromatic N) is 3. The highest BCUT2D eigenvalue weighted by Gasteiger charge is 2.31. The van der Waals surface area contributed by atoms with Crippen molar-refractivity contribution in [3.8, 4) is 5.75 Å². The van der Waals surface area contributed by atoms with Gasteiger partial charge in [0, 0.05) is 49.5 Å². The zero-order chi connectivity index (χ0) is 24.1. The molecule has 1 N–H and O–H groups in total. The largest absolute Gasteiger partial charge is 0.497 e. The number of hydrogen-bond donors (Lipinski definition) is 1. The summed E-state index contributed by atoms with van der Waals surface area (Å²) in [6.07, 6.45) is 1.62. The smallest absolute Gasteiger partial charge is 0.238 e. The number of carbonyl (C=O) groups is 2. The van der Waals surface area contributed by atoms with Crippen molar-refractivity contribution in [2.45, 2.75) is 26.7 Å². The number of likely N-dealkylation sites (tertiary alicyclic amines) is 1. The summed E-state index contributed by atoms with van der Waals surface area (Å²) in [7, 11) is 1.68. The fourth-order valence-corrected chi connectivity index (χ4v) is 5.04. The lowest BCUT2D eigenvalue weighted by Gasteiger charge is -2.39. The van der Waals surface area contributed by atoms with Crippen molar-refractivity contribution in [1.82, 2.24) is 9.80 Å². The van der Waals surface area contributed by atoms with Crippen molar-refractivity contribution in [3.05, 3.63) is 53.6 Å². The summed E-state index contributed by atoms with van der Waals surface area (Å²) in [5, 5.41) is 3.01. The maximum Gasteiger partial charge on any atom is 0.238 e. The number of carbonyl (C=O) groups excluding carboxylic acids is 2. The van der Waals surface area contributed by atoms with Crippen LogP contribution in [0.1, 0.15) is 24.0 Å². The Balaban J connectivity index is 1.21. The van der Waals surface area contributed by atoms with E-state index in [9.17, 15) is 9.59 Å². The Labute approximate surface area is 202 Å². The molecule has 0 atom stereocenters. The molecule has 2 fully saturated rings. The van der Waals surface area contributed by atoms with Crippen LogP contribution in [-0.4, -0.2) is 74.5 Å². The number of amides is 2. The summed E-state index contributed by atoms with van der Waals surface area (Å²) >= 11 is 0. The molecule has 2 aliphatic heterocycles. The second-order valence-corrected chi connectivity index (χ2v) is 9.49. The summed E-state index contributed by atoms with van der Waals surface area (Å²) < 4.78 is 5.34. The van der Waals surface area contributed by atoms with E-state index in [0.717, 1.165) is 80.4 Å². The van der Waals surface area contributed by atoms with Gasteiger partial charge in [-0.25, -0.2) is 0 Å². The number of anilines is 2. The van der Waals surface area contributed by atoms with Gasteiger partial charge in [0.2, 0.25) is 11.8 Å². The molecule has 0 spiro atoms. The van der Waals surface area contributed by atoms with Crippen LogP contribution in [0.4, 0.5) is 11.4 Å². The average molecular weight is 465 g/mol. The first-order chi connectivity index (χ1) is 16.4. The van der Waals surface area contributed by atoms with Crippen LogP contribution in [0.25, 0.3) is 0 Å². The normalized spacial score (nSPS) is 17.5. The number of hydrogen-bond acceptors (Lipinski definition) is 5. The van der Waals surface area contributed by atoms with Crippen LogP contribution >= 0.6 is 0 Å². The molecule has 0 aromatic heterocycles. The molecule has 0 aliphatic carbocycles. The molecule has 0 unspecified atom stereocenters. The molecule has 0 radical (unpaired) electrons. The molecular weight excluding hydrogens is 428 g/mol. The van der Waals surface area contributed by atoms with Gasteiger partial charge in [0.25, 0.3) is 0 Å². The van der Waals surface area contributed by atoms with Crippen LogP contribution in [0.3, 0.4) is 0 Å². The summed E-state index contributed by atoms with van der Waals surface area (Å²) in [5.74, 6) is 1.18. The number of ether oxygens (including phenoxy) is 1. The first-order valence-electron chi connectivity index (χ1n) is 12.2. The lowest BCUT2D eigenvalue weighted by molar-refractivity contribution is -0.137. The van der Waals surface area contributed by atoms with Crippen LogP contribution in [0.15, 0.2) is 42.5 Å². The Morgan fingerprint density at radius 1 is 0.941 bits per heavy atom. The minimum Gasteiger partial charge on any atom is -0.497 e. The van der Waals surface area contributed by atoms with Gasteiger partial charge in [-0.15, -0.1) is 0 Å². The van der Waals surface area contributed by atoms with E-state index < -0.39 is 0 Å². The molecule has 2 saturated heterocycles. The second-order valence-electron chi connectivity index (χ2n) is 9.49. The van der Waals surface area contributed by atoms with Crippen molar-refractivity contribution >= 4 is 23.2 Å². The highest BCUT2D eigenvalue weighted by Crippen LogP contribution is 2.24. The van der Waals surface area contributed by atoms with E-state index in [1.807, 2.05) is 49.1 Å².